The van der Waals surface area contributed by atoms with Crippen LogP contribution in [0.5, 0.6) is 5.75 Å². The fourth-order valence-corrected chi connectivity index (χ4v) is 2.62. The summed E-state index contributed by atoms with van der Waals surface area (Å²) in [5.74, 6) is 2.05. The van der Waals surface area contributed by atoms with Crippen molar-refractivity contribution in [2.45, 2.75) is 25.8 Å². The lowest BCUT2D eigenvalue weighted by Gasteiger charge is -2.17. The minimum Gasteiger partial charge on any atom is -0.496 e. The van der Waals surface area contributed by atoms with Crippen molar-refractivity contribution in [2.24, 2.45) is 0 Å². The number of ether oxygens (including phenoxy) is 1. The zero-order valence-electron chi connectivity index (χ0n) is 12.1. The minimum atomic E-state index is 0.00431. The minimum absolute atomic E-state index is 0.00431. The number of carbonyl (C=O) groups is 1. The summed E-state index contributed by atoms with van der Waals surface area (Å²) in [5, 5.41) is 3.92. The lowest BCUT2D eigenvalue weighted by molar-refractivity contribution is -0.128. The molecule has 0 aliphatic carbocycles. The van der Waals surface area contributed by atoms with Gasteiger partial charge in [-0.2, -0.15) is 4.98 Å². The van der Waals surface area contributed by atoms with E-state index in [4.69, 9.17) is 9.26 Å². The normalized spacial score (nSPS) is 18.3. The molecule has 3 rings (SSSR count). The smallest absolute Gasteiger partial charge is 0.223 e. The molecule has 0 N–H and O–H groups in total. The maximum atomic E-state index is 12.2. The van der Waals surface area contributed by atoms with Gasteiger partial charge in [0.1, 0.15) is 5.75 Å². The number of amides is 1. The summed E-state index contributed by atoms with van der Waals surface area (Å²) in [7, 11) is 1.63. The van der Waals surface area contributed by atoms with Gasteiger partial charge in [-0.05, 0) is 6.07 Å². The van der Waals surface area contributed by atoms with Crippen LogP contribution in [0.2, 0.25) is 0 Å². The van der Waals surface area contributed by atoms with E-state index in [0.717, 1.165) is 11.3 Å². The first-order valence-electron chi connectivity index (χ1n) is 6.87. The quantitative estimate of drug-likeness (QED) is 0.859. The number of methoxy groups -OCH3 is 1. The van der Waals surface area contributed by atoms with Crippen LogP contribution in [0.15, 0.2) is 28.8 Å². The molecule has 0 bridgehead atoms. The van der Waals surface area contributed by atoms with Crippen molar-refractivity contribution in [3.8, 4) is 5.75 Å². The molecule has 1 aliphatic rings. The molecule has 2 heterocycles. The van der Waals surface area contributed by atoms with Gasteiger partial charge in [0.05, 0.1) is 7.11 Å². The molecule has 6 heteroatoms. The maximum absolute atomic E-state index is 12.2. The predicted molar refractivity (Wildman–Crippen MR) is 74.8 cm³/mol. The average Bonchev–Trinajstić information content (AvgIpc) is 3.06. The van der Waals surface area contributed by atoms with Crippen molar-refractivity contribution in [3.05, 3.63) is 41.5 Å². The molecule has 6 nitrogen and oxygen atoms in total. The highest BCUT2D eigenvalue weighted by molar-refractivity contribution is 5.79. The third-order valence-corrected chi connectivity index (χ3v) is 3.68. The standard InChI is InChI=1S/C15H17N3O3/c1-10-16-15(17-21-10)12-7-14(19)18(9-12)8-11-5-3-4-6-13(11)20-2/h3-6,12H,7-9H2,1-2H3. The van der Waals surface area contributed by atoms with E-state index in [1.54, 1.807) is 14.0 Å². The van der Waals surface area contributed by atoms with Crippen LogP contribution in [-0.4, -0.2) is 34.6 Å². The Morgan fingerprint density at radius 2 is 2.24 bits per heavy atom. The highest BCUT2D eigenvalue weighted by Gasteiger charge is 2.33. The van der Waals surface area contributed by atoms with Crippen LogP contribution >= 0.6 is 0 Å². The van der Waals surface area contributed by atoms with Crippen molar-refractivity contribution < 1.29 is 14.1 Å². The van der Waals surface area contributed by atoms with Crippen LogP contribution in [0.1, 0.15) is 29.6 Å². The molecule has 1 aliphatic heterocycles. The third kappa shape index (κ3) is 2.74. The molecule has 1 saturated heterocycles. The van der Waals surface area contributed by atoms with Gasteiger partial charge in [0.25, 0.3) is 0 Å². The molecule has 0 radical (unpaired) electrons. The first-order chi connectivity index (χ1) is 10.2. The summed E-state index contributed by atoms with van der Waals surface area (Å²) in [5.41, 5.74) is 0.998. The molecular weight excluding hydrogens is 270 g/mol. The van der Waals surface area contributed by atoms with Gasteiger partial charge < -0.3 is 14.2 Å². The Balaban J connectivity index is 1.73. The van der Waals surface area contributed by atoms with Crippen LogP contribution in [-0.2, 0) is 11.3 Å². The summed E-state index contributed by atoms with van der Waals surface area (Å²) in [6.07, 6.45) is 0.425. The number of aromatic nitrogens is 2. The molecule has 1 unspecified atom stereocenters. The fourth-order valence-electron chi connectivity index (χ4n) is 2.62. The number of hydrogen-bond donors (Lipinski definition) is 0. The Morgan fingerprint density at radius 3 is 2.95 bits per heavy atom. The van der Waals surface area contributed by atoms with E-state index in [0.29, 0.717) is 31.2 Å². The fraction of sp³-hybridized carbons (Fsp3) is 0.400. The number of aryl methyl sites for hydroxylation is 1. The van der Waals surface area contributed by atoms with Gasteiger partial charge in [-0.3, -0.25) is 4.79 Å². The van der Waals surface area contributed by atoms with Gasteiger partial charge in [-0.15, -0.1) is 0 Å². The van der Waals surface area contributed by atoms with Crippen LogP contribution in [0, 0.1) is 6.92 Å². The molecule has 1 fully saturated rings. The number of para-hydroxylation sites is 1. The summed E-state index contributed by atoms with van der Waals surface area (Å²) in [6.45, 7) is 2.89. The van der Waals surface area contributed by atoms with Gasteiger partial charge >= 0.3 is 0 Å². The predicted octanol–water partition coefficient (Wildman–Crippen LogP) is 1.90. The Bertz CT molecular complexity index is 653. The van der Waals surface area contributed by atoms with E-state index in [2.05, 4.69) is 10.1 Å². The molecule has 21 heavy (non-hydrogen) atoms. The second-order valence-corrected chi connectivity index (χ2v) is 5.16. The van der Waals surface area contributed by atoms with Gasteiger partial charge in [-0.25, -0.2) is 0 Å². The summed E-state index contributed by atoms with van der Waals surface area (Å²) in [6, 6.07) is 7.73. The molecule has 1 aromatic heterocycles. The van der Waals surface area contributed by atoms with Gasteiger partial charge in [0, 0.05) is 37.9 Å². The van der Waals surface area contributed by atoms with Crippen molar-refractivity contribution in [2.75, 3.05) is 13.7 Å². The van der Waals surface area contributed by atoms with E-state index >= 15 is 0 Å². The van der Waals surface area contributed by atoms with Gasteiger partial charge in [0.15, 0.2) is 5.82 Å². The zero-order valence-corrected chi connectivity index (χ0v) is 12.1. The monoisotopic (exact) mass is 287 g/mol. The molecular formula is C15H17N3O3. The largest absolute Gasteiger partial charge is 0.496 e. The molecule has 110 valence electrons. The summed E-state index contributed by atoms with van der Waals surface area (Å²) < 4.78 is 10.3. The maximum Gasteiger partial charge on any atom is 0.223 e. The van der Waals surface area contributed by atoms with Crippen LogP contribution in [0.25, 0.3) is 0 Å². The third-order valence-electron chi connectivity index (χ3n) is 3.68. The van der Waals surface area contributed by atoms with Crippen LogP contribution in [0.3, 0.4) is 0 Å². The molecule has 1 aromatic carbocycles. The SMILES string of the molecule is COc1ccccc1CN1CC(c2noc(C)n2)CC1=O. The molecule has 2 aromatic rings. The number of benzene rings is 1. The second kappa shape index (κ2) is 5.55. The highest BCUT2D eigenvalue weighted by Crippen LogP contribution is 2.29. The van der Waals surface area contributed by atoms with E-state index < -0.39 is 0 Å². The van der Waals surface area contributed by atoms with Crippen molar-refractivity contribution in [1.29, 1.82) is 0 Å². The van der Waals surface area contributed by atoms with Gasteiger partial charge in [0.2, 0.25) is 11.8 Å². The van der Waals surface area contributed by atoms with Crippen molar-refractivity contribution >= 4 is 5.91 Å². The number of carbonyl (C=O) groups excluding carboxylic acids is 1. The van der Waals surface area contributed by atoms with E-state index in [1.165, 1.54) is 0 Å². The van der Waals surface area contributed by atoms with E-state index in [1.807, 2.05) is 29.2 Å². The van der Waals surface area contributed by atoms with E-state index in [-0.39, 0.29) is 11.8 Å². The number of nitrogens with zero attached hydrogens (tertiary/aromatic N) is 3. The van der Waals surface area contributed by atoms with E-state index in [9.17, 15) is 4.79 Å². The van der Waals surface area contributed by atoms with Crippen molar-refractivity contribution in [3.63, 3.8) is 0 Å². The van der Waals surface area contributed by atoms with Gasteiger partial charge in [-0.1, -0.05) is 23.4 Å². The average molecular weight is 287 g/mol. The Hall–Kier alpha value is -2.37. The Morgan fingerprint density at radius 1 is 1.43 bits per heavy atom. The lowest BCUT2D eigenvalue weighted by atomic mass is 10.1. The van der Waals surface area contributed by atoms with Crippen molar-refractivity contribution in [1.82, 2.24) is 15.0 Å². The Kier molecular flexibility index (Phi) is 3.60. The number of likely N-dealkylation sites (tertiary alicyclic amines) is 1. The lowest BCUT2D eigenvalue weighted by Crippen LogP contribution is -2.24. The highest BCUT2D eigenvalue weighted by atomic mass is 16.5. The summed E-state index contributed by atoms with van der Waals surface area (Å²) >= 11 is 0. The van der Waals surface area contributed by atoms with Crippen LogP contribution < -0.4 is 4.74 Å². The Labute approximate surface area is 122 Å². The second-order valence-electron chi connectivity index (χ2n) is 5.16. The summed E-state index contributed by atoms with van der Waals surface area (Å²) in [4.78, 5) is 18.2. The first kappa shape index (κ1) is 13.6. The number of hydrogen-bond acceptors (Lipinski definition) is 5. The zero-order chi connectivity index (χ0) is 14.8. The molecule has 1 amide bonds. The topological polar surface area (TPSA) is 68.5 Å². The number of rotatable bonds is 4. The molecule has 0 saturated carbocycles. The first-order valence-corrected chi connectivity index (χ1v) is 6.87. The van der Waals surface area contributed by atoms with Crippen LogP contribution in [0.4, 0.5) is 0 Å². The molecule has 1 atom stereocenters. The molecule has 0 spiro atoms.